The molecule has 0 radical (unpaired) electrons. The minimum atomic E-state index is -0.316. The predicted octanol–water partition coefficient (Wildman–Crippen LogP) is 3.51. The van der Waals surface area contributed by atoms with Gasteiger partial charge in [0.05, 0.1) is 35.5 Å². The number of benzene rings is 2. The Morgan fingerprint density at radius 3 is 2.40 bits per heavy atom. The number of likely N-dealkylation sites (N-methyl/N-ethyl adjacent to an activating group) is 1. The largest absolute Gasteiger partial charge is 0.335 e. The number of carbonyl (C=O) groups excluding carboxylic acids is 2. The van der Waals surface area contributed by atoms with Gasteiger partial charge in [0.1, 0.15) is 0 Å². The van der Waals surface area contributed by atoms with Gasteiger partial charge in [0, 0.05) is 13.2 Å². The first-order chi connectivity index (χ1) is 14.5. The van der Waals surface area contributed by atoms with Crippen LogP contribution in [0.5, 0.6) is 0 Å². The lowest BCUT2D eigenvalue weighted by atomic mass is 10.0. The molecule has 2 N–H and O–H groups in total. The summed E-state index contributed by atoms with van der Waals surface area (Å²) in [5.74, 6) is -0.524. The Hall–Kier alpha value is -3.22. The number of aromatic nitrogens is 1. The van der Waals surface area contributed by atoms with Crippen LogP contribution in [0.2, 0.25) is 5.02 Å². The molecule has 0 aliphatic carbocycles. The molecule has 0 spiro atoms. The molecular formula is C23H23ClN4O2. The molecule has 6 nitrogen and oxygen atoms in total. The smallest absolute Gasteiger partial charge is 0.244 e. The van der Waals surface area contributed by atoms with Crippen molar-refractivity contribution in [2.75, 3.05) is 25.5 Å². The van der Waals surface area contributed by atoms with Crippen molar-refractivity contribution >= 4 is 29.1 Å². The Labute approximate surface area is 180 Å². The summed E-state index contributed by atoms with van der Waals surface area (Å²) in [7, 11) is 1.59. The van der Waals surface area contributed by atoms with Crippen molar-refractivity contribution in [3.8, 4) is 0 Å². The van der Waals surface area contributed by atoms with Crippen molar-refractivity contribution in [2.45, 2.75) is 6.04 Å². The minimum Gasteiger partial charge on any atom is -0.335 e. The summed E-state index contributed by atoms with van der Waals surface area (Å²) in [6.07, 6.45) is 1.72. The molecule has 30 heavy (non-hydrogen) atoms. The van der Waals surface area contributed by atoms with E-state index >= 15 is 0 Å². The van der Waals surface area contributed by atoms with Gasteiger partial charge in [-0.3, -0.25) is 19.9 Å². The first kappa shape index (κ1) is 21.5. The average molecular weight is 423 g/mol. The van der Waals surface area contributed by atoms with Crippen LogP contribution in [-0.4, -0.2) is 41.8 Å². The van der Waals surface area contributed by atoms with Crippen molar-refractivity contribution in [3.05, 3.63) is 95.3 Å². The number of hydrogen-bond acceptors (Lipinski definition) is 4. The molecular weight excluding hydrogens is 400 g/mol. The summed E-state index contributed by atoms with van der Waals surface area (Å²) in [4.78, 5) is 30.7. The number of halogens is 1. The van der Waals surface area contributed by atoms with E-state index in [0.29, 0.717) is 10.7 Å². The monoisotopic (exact) mass is 422 g/mol. The van der Waals surface area contributed by atoms with E-state index in [9.17, 15) is 9.59 Å². The zero-order valence-electron chi connectivity index (χ0n) is 16.6. The van der Waals surface area contributed by atoms with Gasteiger partial charge in [-0.15, -0.1) is 0 Å². The molecule has 1 aromatic heterocycles. The number of nitrogens with zero attached hydrogens (tertiary/aromatic N) is 2. The highest BCUT2D eigenvalue weighted by Gasteiger charge is 2.19. The third-order valence-electron chi connectivity index (χ3n) is 4.53. The molecule has 0 saturated heterocycles. The lowest BCUT2D eigenvalue weighted by molar-refractivity contribution is -0.132. The molecule has 3 rings (SSSR count). The number of rotatable bonds is 8. The van der Waals surface area contributed by atoms with E-state index in [-0.39, 0.29) is 30.9 Å². The highest BCUT2D eigenvalue weighted by molar-refractivity contribution is 6.33. The van der Waals surface area contributed by atoms with Crippen molar-refractivity contribution in [3.63, 3.8) is 0 Å². The summed E-state index contributed by atoms with van der Waals surface area (Å²) in [6, 6.07) is 22.2. The van der Waals surface area contributed by atoms with Crippen LogP contribution in [0.1, 0.15) is 17.3 Å². The maximum Gasteiger partial charge on any atom is 0.244 e. The van der Waals surface area contributed by atoms with Gasteiger partial charge in [0.25, 0.3) is 0 Å². The van der Waals surface area contributed by atoms with Gasteiger partial charge < -0.3 is 10.2 Å². The molecule has 7 heteroatoms. The number of pyridine rings is 1. The Bertz CT molecular complexity index is 943. The topological polar surface area (TPSA) is 74.3 Å². The zero-order valence-corrected chi connectivity index (χ0v) is 17.3. The van der Waals surface area contributed by atoms with E-state index in [4.69, 9.17) is 11.6 Å². The Kier molecular flexibility index (Phi) is 7.54. The molecule has 0 fully saturated rings. The number of nitrogens with one attached hydrogen (secondary N) is 2. The fourth-order valence-corrected chi connectivity index (χ4v) is 3.15. The Morgan fingerprint density at radius 2 is 1.70 bits per heavy atom. The first-order valence-electron chi connectivity index (χ1n) is 9.52. The van der Waals surface area contributed by atoms with Gasteiger partial charge in [0.15, 0.2) is 0 Å². The fraction of sp³-hybridized carbons (Fsp3) is 0.174. The summed E-state index contributed by atoms with van der Waals surface area (Å²) in [5.41, 5.74) is 2.33. The lowest BCUT2D eigenvalue weighted by Crippen LogP contribution is -2.41. The fourth-order valence-electron chi connectivity index (χ4n) is 2.97. The van der Waals surface area contributed by atoms with E-state index in [1.54, 1.807) is 37.5 Å². The summed E-state index contributed by atoms with van der Waals surface area (Å²) in [6.45, 7) is -0.0165. The van der Waals surface area contributed by atoms with E-state index in [0.717, 1.165) is 11.3 Å². The predicted molar refractivity (Wildman–Crippen MR) is 118 cm³/mol. The second kappa shape index (κ2) is 10.5. The molecule has 3 aromatic rings. The first-order valence-corrected chi connectivity index (χ1v) is 9.90. The third-order valence-corrected chi connectivity index (χ3v) is 4.86. The lowest BCUT2D eigenvalue weighted by Gasteiger charge is -2.21. The number of hydrogen-bond donors (Lipinski definition) is 2. The standard InChI is InChI=1S/C23H23ClN4O2/c1-28(16-21(29)27-19-12-6-5-11-18(19)24)22(30)15-26-23(17-9-3-2-4-10-17)20-13-7-8-14-25-20/h2-14,23,26H,15-16H2,1H3,(H,27,29). The SMILES string of the molecule is CN(CC(=O)Nc1ccccc1Cl)C(=O)CNC(c1ccccc1)c1ccccn1. The van der Waals surface area contributed by atoms with Crippen molar-refractivity contribution in [2.24, 2.45) is 0 Å². The Morgan fingerprint density at radius 1 is 1.00 bits per heavy atom. The third kappa shape index (κ3) is 5.89. The van der Waals surface area contributed by atoms with Gasteiger partial charge in [-0.2, -0.15) is 0 Å². The van der Waals surface area contributed by atoms with Crippen LogP contribution in [0.3, 0.4) is 0 Å². The zero-order chi connectivity index (χ0) is 21.3. The molecule has 2 amide bonds. The van der Waals surface area contributed by atoms with Gasteiger partial charge >= 0.3 is 0 Å². The van der Waals surface area contributed by atoms with E-state index in [2.05, 4.69) is 15.6 Å². The van der Waals surface area contributed by atoms with Crippen molar-refractivity contribution in [1.82, 2.24) is 15.2 Å². The highest BCUT2D eigenvalue weighted by atomic mass is 35.5. The normalized spacial score (nSPS) is 11.5. The molecule has 1 atom stereocenters. The van der Waals surface area contributed by atoms with Gasteiger partial charge in [-0.1, -0.05) is 60.1 Å². The van der Waals surface area contributed by atoms with Crippen LogP contribution in [-0.2, 0) is 9.59 Å². The van der Waals surface area contributed by atoms with Gasteiger partial charge in [-0.05, 0) is 29.8 Å². The molecule has 1 heterocycles. The van der Waals surface area contributed by atoms with Crippen LogP contribution in [0, 0.1) is 0 Å². The maximum absolute atomic E-state index is 12.6. The average Bonchev–Trinajstić information content (AvgIpc) is 2.77. The molecule has 0 saturated carbocycles. The summed E-state index contributed by atoms with van der Waals surface area (Å²) < 4.78 is 0. The van der Waals surface area contributed by atoms with Gasteiger partial charge in [-0.25, -0.2) is 0 Å². The molecule has 154 valence electrons. The van der Waals surface area contributed by atoms with Crippen molar-refractivity contribution in [1.29, 1.82) is 0 Å². The quantitative estimate of drug-likeness (QED) is 0.582. The molecule has 0 bridgehead atoms. The minimum absolute atomic E-state index is 0.0615. The molecule has 0 aliphatic rings. The van der Waals surface area contributed by atoms with Crippen LogP contribution in [0.4, 0.5) is 5.69 Å². The number of amides is 2. The Balaban J connectivity index is 1.59. The van der Waals surface area contributed by atoms with E-state index in [1.165, 1.54) is 4.90 Å². The molecule has 1 unspecified atom stereocenters. The van der Waals surface area contributed by atoms with E-state index in [1.807, 2.05) is 48.5 Å². The van der Waals surface area contributed by atoms with Crippen molar-refractivity contribution < 1.29 is 9.59 Å². The summed E-state index contributed by atoms with van der Waals surface area (Å²) in [5, 5.41) is 6.42. The second-order valence-corrected chi connectivity index (χ2v) is 7.16. The van der Waals surface area contributed by atoms with E-state index < -0.39 is 0 Å². The molecule has 0 aliphatic heterocycles. The number of para-hydroxylation sites is 1. The maximum atomic E-state index is 12.6. The highest BCUT2D eigenvalue weighted by Crippen LogP contribution is 2.21. The summed E-state index contributed by atoms with van der Waals surface area (Å²) >= 11 is 6.06. The van der Waals surface area contributed by atoms with Gasteiger partial charge in [0.2, 0.25) is 11.8 Å². The van der Waals surface area contributed by atoms with Crippen LogP contribution < -0.4 is 10.6 Å². The molecule has 2 aromatic carbocycles. The van der Waals surface area contributed by atoms with Crippen LogP contribution in [0.25, 0.3) is 0 Å². The van der Waals surface area contributed by atoms with Crippen LogP contribution in [0.15, 0.2) is 79.0 Å². The van der Waals surface area contributed by atoms with Crippen LogP contribution >= 0.6 is 11.6 Å². The number of anilines is 1. The second-order valence-electron chi connectivity index (χ2n) is 6.76. The number of carbonyl (C=O) groups is 2.